The highest BCUT2D eigenvalue weighted by molar-refractivity contribution is 5.96. The van der Waals surface area contributed by atoms with E-state index in [1.807, 2.05) is 13.0 Å². The average molecular weight is 385 g/mol. The first-order valence-corrected chi connectivity index (χ1v) is 9.79. The van der Waals surface area contributed by atoms with Crippen molar-refractivity contribution in [2.24, 2.45) is 5.92 Å². The highest BCUT2D eigenvalue weighted by atomic mass is 19.1. The SMILES string of the molecule is CC1=C(C(=O)OCC2CCCO2)C(c2ccc(F)cc2)C2C(=O)CCC=C2N1. The summed E-state index contributed by atoms with van der Waals surface area (Å²) in [6, 6.07) is 6.01. The fraction of sp³-hybridized carbons (Fsp3) is 0.455. The molecule has 0 aromatic heterocycles. The van der Waals surface area contributed by atoms with E-state index in [1.54, 1.807) is 12.1 Å². The van der Waals surface area contributed by atoms with Gasteiger partial charge in [0.25, 0.3) is 0 Å². The lowest BCUT2D eigenvalue weighted by molar-refractivity contribution is -0.143. The van der Waals surface area contributed by atoms with Crippen molar-refractivity contribution in [3.63, 3.8) is 0 Å². The number of esters is 1. The van der Waals surface area contributed by atoms with Crippen molar-refractivity contribution in [1.82, 2.24) is 5.32 Å². The molecule has 1 aliphatic carbocycles. The van der Waals surface area contributed by atoms with Gasteiger partial charge in [-0.15, -0.1) is 0 Å². The van der Waals surface area contributed by atoms with Gasteiger partial charge in [-0.05, 0) is 43.9 Å². The number of carbonyl (C=O) groups excluding carboxylic acids is 2. The Hall–Kier alpha value is -2.47. The zero-order chi connectivity index (χ0) is 19.7. The number of carbonyl (C=O) groups is 2. The largest absolute Gasteiger partial charge is 0.460 e. The Bertz CT molecular complexity index is 837. The maximum atomic E-state index is 13.5. The van der Waals surface area contributed by atoms with Crippen LogP contribution in [0.5, 0.6) is 0 Å². The van der Waals surface area contributed by atoms with E-state index in [0.717, 1.165) is 24.1 Å². The fourth-order valence-corrected chi connectivity index (χ4v) is 4.34. The van der Waals surface area contributed by atoms with Crippen LogP contribution in [0.1, 0.15) is 44.1 Å². The Balaban J connectivity index is 1.68. The second-order valence-corrected chi connectivity index (χ2v) is 7.57. The lowest BCUT2D eigenvalue weighted by atomic mass is 9.71. The van der Waals surface area contributed by atoms with Crippen LogP contribution in [0.25, 0.3) is 0 Å². The van der Waals surface area contributed by atoms with Crippen LogP contribution in [-0.4, -0.2) is 31.1 Å². The molecule has 0 spiro atoms. The van der Waals surface area contributed by atoms with Crippen LogP contribution >= 0.6 is 0 Å². The smallest absolute Gasteiger partial charge is 0.336 e. The van der Waals surface area contributed by atoms with E-state index in [9.17, 15) is 14.0 Å². The van der Waals surface area contributed by atoms with E-state index < -0.39 is 17.8 Å². The molecule has 1 fully saturated rings. The van der Waals surface area contributed by atoms with E-state index in [4.69, 9.17) is 9.47 Å². The highest BCUT2D eigenvalue weighted by Crippen LogP contribution is 2.43. The molecule has 1 aromatic rings. The number of fused-ring (bicyclic) bond motifs is 1. The molecule has 0 bridgehead atoms. The maximum absolute atomic E-state index is 13.5. The van der Waals surface area contributed by atoms with Crippen LogP contribution in [0, 0.1) is 11.7 Å². The lowest BCUT2D eigenvalue weighted by Gasteiger charge is -2.38. The molecule has 3 aliphatic rings. The van der Waals surface area contributed by atoms with Gasteiger partial charge >= 0.3 is 5.97 Å². The first-order chi connectivity index (χ1) is 13.5. The maximum Gasteiger partial charge on any atom is 0.336 e. The number of rotatable bonds is 4. The second-order valence-electron chi connectivity index (χ2n) is 7.57. The van der Waals surface area contributed by atoms with Crippen molar-refractivity contribution in [3.8, 4) is 0 Å². The molecule has 6 heteroatoms. The molecular formula is C22H24FNO4. The molecule has 0 radical (unpaired) electrons. The number of Topliss-reactive ketones (excluding diaryl/α,β-unsaturated/α-hetero) is 1. The molecular weight excluding hydrogens is 361 g/mol. The predicted octanol–water partition coefficient (Wildman–Crippen LogP) is 3.37. The molecule has 3 unspecified atom stereocenters. The zero-order valence-electron chi connectivity index (χ0n) is 15.9. The van der Waals surface area contributed by atoms with E-state index in [2.05, 4.69) is 5.32 Å². The van der Waals surface area contributed by atoms with Crippen LogP contribution in [0.2, 0.25) is 0 Å². The van der Waals surface area contributed by atoms with E-state index in [1.165, 1.54) is 12.1 Å². The van der Waals surface area contributed by atoms with Crippen molar-refractivity contribution in [1.29, 1.82) is 0 Å². The zero-order valence-corrected chi connectivity index (χ0v) is 15.9. The Morgan fingerprint density at radius 3 is 2.79 bits per heavy atom. The summed E-state index contributed by atoms with van der Waals surface area (Å²) in [5, 5.41) is 3.23. The highest BCUT2D eigenvalue weighted by Gasteiger charge is 2.43. The summed E-state index contributed by atoms with van der Waals surface area (Å²) in [7, 11) is 0. The van der Waals surface area contributed by atoms with Gasteiger partial charge in [0.2, 0.25) is 0 Å². The van der Waals surface area contributed by atoms with Crippen molar-refractivity contribution in [3.05, 3.63) is 58.7 Å². The monoisotopic (exact) mass is 385 g/mol. The number of ether oxygens (including phenoxy) is 2. The van der Waals surface area contributed by atoms with Gasteiger partial charge < -0.3 is 14.8 Å². The van der Waals surface area contributed by atoms with Crippen molar-refractivity contribution in [2.45, 2.75) is 44.6 Å². The van der Waals surface area contributed by atoms with Gasteiger partial charge in [-0.1, -0.05) is 18.2 Å². The third kappa shape index (κ3) is 3.61. The number of nitrogens with one attached hydrogen (secondary N) is 1. The molecule has 1 aromatic carbocycles. The number of benzene rings is 1. The summed E-state index contributed by atoms with van der Waals surface area (Å²) < 4.78 is 24.6. The van der Waals surface area contributed by atoms with Crippen LogP contribution < -0.4 is 5.32 Å². The molecule has 28 heavy (non-hydrogen) atoms. The minimum absolute atomic E-state index is 0.0718. The van der Waals surface area contributed by atoms with Crippen molar-refractivity contribution < 1.29 is 23.5 Å². The van der Waals surface area contributed by atoms with Crippen LogP contribution in [0.4, 0.5) is 4.39 Å². The topological polar surface area (TPSA) is 64.6 Å². The summed E-state index contributed by atoms with van der Waals surface area (Å²) in [5.41, 5.74) is 2.65. The molecule has 3 atom stereocenters. The van der Waals surface area contributed by atoms with Gasteiger partial charge in [-0.3, -0.25) is 4.79 Å². The summed E-state index contributed by atoms with van der Waals surface area (Å²) in [6.07, 6.45) is 4.90. The molecule has 148 valence electrons. The minimum Gasteiger partial charge on any atom is -0.460 e. The van der Waals surface area contributed by atoms with Crippen molar-refractivity contribution >= 4 is 11.8 Å². The molecule has 0 saturated carbocycles. The van der Waals surface area contributed by atoms with Gasteiger partial charge in [0.1, 0.15) is 18.2 Å². The number of hydrogen-bond acceptors (Lipinski definition) is 5. The normalized spacial score (nSPS) is 27.1. The second kappa shape index (κ2) is 7.87. The molecule has 0 amide bonds. The first kappa shape index (κ1) is 18.9. The minimum atomic E-state index is -0.488. The molecule has 5 nitrogen and oxygen atoms in total. The van der Waals surface area contributed by atoms with Gasteiger partial charge in [-0.25, -0.2) is 9.18 Å². The Labute approximate surface area is 163 Å². The van der Waals surface area contributed by atoms with Crippen LogP contribution in [0.15, 0.2) is 47.3 Å². The molecule has 1 N–H and O–H groups in total. The first-order valence-electron chi connectivity index (χ1n) is 9.79. The lowest BCUT2D eigenvalue weighted by Crippen LogP contribution is -2.41. The number of halogens is 1. The molecule has 2 heterocycles. The van der Waals surface area contributed by atoms with E-state index in [0.29, 0.717) is 30.7 Å². The van der Waals surface area contributed by atoms with Gasteiger partial charge in [-0.2, -0.15) is 0 Å². The van der Waals surface area contributed by atoms with Crippen molar-refractivity contribution in [2.75, 3.05) is 13.2 Å². The third-order valence-corrected chi connectivity index (χ3v) is 5.69. The van der Waals surface area contributed by atoms with E-state index >= 15 is 0 Å². The Morgan fingerprint density at radius 2 is 2.07 bits per heavy atom. The van der Waals surface area contributed by atoms with E-state index in [-0.39, 0.29) is 24.3 Å². The number of ketones is 1. The standard InChI is InChI=1S/C22H24FNO4/c1-13-19(22(26)28-12-16-4-3-11-27-16)20(14-7-9-15(23)10-8-14)21-17(24-13)5-2-6-18(21)25/h5,7-10,16,20-21,24H,2-4,6,11-12H2,1H3. The third-order valence-electron chi connectivity index (χ3n) is 5.69. The van der Waals surface area contributed by atoms with Crippen LogP contribution in [0.3, 0.4) is 0 Å². The molecule has 1 saturated heterocycles. The van der Waals surface area contributed by atoms with Gasteiger partial charge in [0.15, 0.2) is 0 Å². The summed E-state index contributed by atoms with van der Waals surface area (Å²) in [4.78, 5) is 25.8. The van der Waals surface area contributed by atoms with Crippen LogP contribution in [-0.2, 0) is 19.1 Å². The van der Waals surface area contributed by atoms with Gasteiger partial charge in [0, 0.05) is 30.3 Å². The molecule has 4 rings (SSSR count). The summed E-state index contributed by atoms with van der Waals surface area (Å²) in [5.74, 6) is -1.69. The van der Waals surface area contributed by atoms with Gasteiger partial charge in [0.05, 0.1) is 17.6 Å². The summed E-state index contributed by atoms with van der Waals surface area (Å²) >= 11 is 0. The average Bonchev–Trinajstić information content (AvgIpc) is 3.19. The number of hydrogen-bond donors (Lipinski definition) is 1. The summed E-state index contributed by atoms with van der Waals surface area (Å²) in [6.45, 7) is 2.71. The molecule has 2 aliphatic heterocycles. The number of allylic oxidation sites excluding steroid dienone is 3. The predicted molar refractivity (Wildman–Crippen MR) is 101 cm³/mol. The Morgan fingerprint density at radius 1 is 1.29 bits per heavy atom. The quantitative estimate of drug-likeness (QED) is 0.805. The Kier molecular flexibility index (Phi) is 5.31. The fourth-order valence-electron chi connectivity index (χ4n) is 4.34.